The molecule has 2 aromatic carbocycles. The maximum absolute atomic E-state index is 13.2. The molecule has 0 fully saturated rings. The van der Waals surface area contributed by atoms with Crippen LogP contribution in [-0.4, -0.2) is 17.1 Å². The molecule has 5 heteroatoms. The second kappa shape index (κ2) is 8.15. The second-order valence-corrected chi connectivity index (χ2v) is 7.05. The van der Waals surface area contributed by atoms with Crippen molar-refractivity contribution >= 4 is 22.9 Å². The second-order valence-electron chi connectivity index (χ2n) is 6.17. The van der Waals surface area contributed by atoms with E-state index < -0.39 is 0 Å². The van der Waals surface area contributed by atoms with Gasteiger partial charge in [0.25, 0.3) is 5.91 Å². The van der Waals surface area contributed by atoms with Crippen LogP contribution in [0.1, 0.15) is 16.6 Å². The van der Waals surface area contributed by atoms with Gasteiger partial charge in [-0.2, -0.15) is 0 Å². The van der Waals surface area contributed by atoms with Crippen LogP contribution in [0, 0.1) is 0 Å². The highest BCUT2D eigenvalue weighted by Crippen LogP contribution is 2.36. The molecule has 0 spiro atoms. The van der Waals surface area contributed by atoms with E-state index in [0.29, 0.717) is 22.9 Å². The summed E-state index contributed by atoms with van der Waals surface area (Å²) in [6.45, 7) is 2.47. The molecule has 2 aromatic heterocycles. The van der Waals surface area contributed by atoms with Gasteiger partial charge in [-0.05, 0) is 36.8 Å². The van der Waals surface area contributed by atoms with Crippen LogP contribution in [0.5, 0.6) is 5.75 Å². The number of benzene rings is 2. The van der Waals surface area contributed by atoms with E-state index in [2.05, 4.69) is 17.4 Å². The molecule has 0 saturated carbocycles. The summed E-state index contributed by atoms with van der Waals surface area (Å²) in [6, 6.07) is 21.5. The summed E-state index contributed by atoms with van der Waals surface area (Å²) in [5.41, 5.74) is 3.66. The molecule has 0 aliphatic carbocycles. The van der Waals surface area contributed by atoms with Gasteiger partial charge in [0.05, 0.1) is 18.0 Å². The maximum Gasteiger partial charge on any atom is 0.268 e. The first-order valence-electron chi connectivity index (χ1n) is 9.11. The Morgan fingerprint density at radius 2 is 1.71 bits per heavy atom. The average Bonchev–Trinajstić information content (AvgIpc) is 3.40. The fourth-order valence-electron chi connectivity index (χ4n) is 3.11. The first-order chi connectivity index (χ1) is 13.8. The highest BCUT2D eigenvalue weighted by atomic mass is 32.1. The first-order valence-corrected chi connectivity index (χ1v) is 9.99. The molecule has 28 heavy (non-hydrogen) atoms. The normalized spacial score (nSPS) is 10.6. The van der Waals surface area contributed by atoms with Gasteiger partial charge in [-0.15, -0.1) is 11.3 Å². The van der Waals surface area contributed by atoms with E-state index in [1.165, 1.54) is 11.3 Å². The van der Waals surface area contributed by atoms with Gasteiger partial charge in [-0.3, -0.25) is 4.79 Å². The Morgan fingerprint density at radius 3 is 2.46 bits per heavy atom. The molecule has 0 atom stereocenters. The predicted molar refractivity (Wildman–Crippen MR) is 115 cm³/mol. The Morgan fingerprint density at radius 1 is 1.00 bits per heavy atom. The molecular formula is C23H20N2O2S. The van der Waals surface area contributed by atoms with E-state index in [1.54, 1.807) is 0 Å². The maximum atomic E-state index is 13.2. The lowest BCUT2D eigenvalue weighted by atomic mass is 10.1. The summed E-state index contributed by atoms with van der Waals surface area (Å²) in [4.78, 5) is 13.8. The van der Waals surface area contributed by atoms with Crippen molar-refractivity contribution < 1.29 is 9.53 Å². The summed E-state index contributed by atoms with van der Waals surface area (Å²) >= 11 is 1.44. The summed E-state index contributed by atoms with van der Waals surface area (Å²) in [7, 11) is 0. The van der Waals surface area contributed by atoms with Gasteiger partial charge in [-0.25, -0.2) is 0 Å². The molecule has 0 bridgehead atoms. The third-order valence-electron chi connectivity index (χ3n) is 4.35. The zero-order valence-corrected chi connectivity index (χ0v) is 16.3. The van der Waals surface area contributed by atoms with Gasteiger partial charge in [0, 0.05) is 23.3 Å². The number of hydrogen-bond acceptors (Lipinski definition) is 3. The number of amides is 1. The van der Waals surface area contributed by atoms with Crippen LogP contribution >= 0.6 is 11.3 Å². The molecule has 1 N–H and O–H groups in total. The van der Waals surface area contributed by atoms with Gasteiger partial charge < -0.3 is 14.6 Å². The van der Waals surface area contributed by atoms with Crippen LogP contribution < -0.4 is 10.1 Å². The van der Waals surface area contributed by atoms with Crippen LogP contribution in [0.25, 0.3) is 16.8 Å². The van der Waals surface area contributed by atoms with Crippen molar-refractivity contribution in [3.05, 3.63) is 89.4 Å². The Hall–Kier alpha value is -3.31. The molecule has 0 aliphatic heterocycles. The summed E-state index contributed by atoms with van der Waals surface area (Å²) in [5, 5.41) is 5.05. The van der Waals surface area contributed by atoms with Gasteiger partial charge in [-0.1, -0.05) is 42.5 Å². The molecule has 4 rings (SSSR count). The quantitative estimate of drug-likeness (QED) is 0.450. The van der Waals surface area contributed by atoms with Gasteiger partial charge in [0.15, 0.2) is 0 Å². The van der Waals surface area contributed by atoms with Gasteiger partial charge >= 0.3 is 0 Å². The van der Waals surface area contributed by atoms with Crippen molar-refractivity contribution in [3.63, 3.8) is 0 Å². The Labute approximate surface area is 168 Å². The van der Waals surface area contributed by atoms with E-state index in [0.717, 1.165) is 16.8 Å². The van der Waals surface area contributed by atoms with Crippen LogP contribution in [0.4, 0.5) is 5.69 Å². The number of nitrogens with zero attached hydrogens (tertiary/aromatic N) is 1. The van der Waals surface area contributed by atoms with E-state index in [-0.39, 0.29) is 5.91 Å². The lowest BCUT2D eigenvalue weighted by Gasteiger charge is -2.12. The van der Waals surface area contributed by atoms with Crippen molar-refractivity contribution in [1.29, 1.82) is 0 Å². The smallest absolute Gasteiger partial charge is 0.268 e. The number of anilines is 1. The van der Waals surface area contributed by atoms with E-state index in [9.17, 15) is 4.79 Å². The highest BCUT2D eigenvalue weighted by molar-refractivity contribution is 7.13. The van der Waals surface area contributed by atoms with Gasteiger partial charge in [0.1, 0.15) is 10.6 Å². The lowest BCUT2D eigenvalue weighted by Crippen LogP contribution is -2.14. The number of carbonyl (C=O) groups is 1. The topological polar surface area (TPSA) is 43.3 Å². The number of para-hydroxylation sites is 2. The number of nitrogens with one attached hydrogen (secondary N) is 1. The van der Waals surface area contributed by atoms with Crippen molar-refractivity contribution in [2.24, 2.45) is 0 Å². The molecule has 0 unspecified atom stereocenters. The molecule has 4 aromatic rings. The molecule has 2 heterocycles. The third kappa shape index (κ3) is 3.57. The fraction of sp³-hybridized carbons (Fsp3) is 0.0870. The minimum absolute atomic E-state index is 0.150. The molecular weight excluding hydrogens is 368 g/mol. The Bertz CT molecular complexity index is 1070. The molecule has 140 valence electrons. The number of hydrogen-bond donors (Lipinski definition) is 1. The zero-order valence-electron chi connectivity index (χ0n) is 15.5. The fourth-order valence-corrected chi connectivity index (χ4v) is 4.07. The SMILES string of the molecule is CCOc1ccccc1NC(=O)c1scc(-c2ccccc2)c1-n1cccc1. The van der Waals surface area contributed by atoms with Crippen LogP contribution in [-0.2, 0) is 0 Å². The van der Waals surface area contributed by atoms with Crippen molar-refractivity contribution in [3.8, 4) is 22.6 Å². The van der Waals surface area contributed by atoms with Crippen LogP contribution in [0.15, 0.2) is 84.5 Å². The van der Waals surface area contributed by atoms with Gasteiger partial charge in [0.2, 0.25) is 0 Å². The number of rotatable bonds is 6. The molecule has 0 radical (unpaired) electrons. The number of aromatic nitrogens is 1. The molecule has 0 aliphatic rings. The molecule has 4 nitrogen and oxygen atoms in total. The number of ether oxygens (including phenoxy) is 1. The first kappa shape index (κ1) is 18.1. The standard InChI is InChI=1S/C23H20N2O2S/c1-2-27-20-13-7-6-12-19(20)24-23(26)22-21(25-14-8-9-15-25)18(16-28-22)17-10-4-3-5-11-17/h3-16H,2H2,1H3,(H,24,26). The summed E-state index contributed by atoms with van der Waals surface area (Å²) < 4.78 is 7.62. The Kier molecular flexibility index (Phi) is 5.26. The lowest BCUT2D eigenvalue weighted by molar-refractivity contribution is 0.103. The van der Waals surface area contributed by atoms with E-state index in [4.69, 9.17) is 4.74 Å². The number of thiophene rings is 1. The van der Waals surface area contributed by atoms with Crippen LogP contribution in [0.3, 0.4) is 0 Å². The van der Waals surface area contributed by atoms with Crippen molar-refractivity contribution in [2.75, 3.05) is 11.9 Å². The zero-order chi connectivity index (χ0) is 19.3. The molecule has 1 amide bonds. The monoisotopic (exact) mass is 388 g/mol. The van der Waals surface area contributed by atoms with Crippen LogP contribution in [0.2, 0.25) is 0 Å². The summed E-state index contributed by atoms with van der Waals surface area (Å²) in [5.74, 6) is 0.517. The van der Waals surface area contributed by atoms with E-state index >= 15 is 0 Å². The minimum atomic E-state index is -0.150. The highest BCUT2D eigenvalue weighted by Gasteiger charge is 2.21. The van der Waals surface area contributed by atoms with E-state index in [1.807, 2.05) is 83.9 Å². The average molecular weight is 388 g/mol. The van der Waals surface area contributed by atoms with Crippen molar-refractivity contribution in [2.45, 2.75) is 6.92 Å². The Balaban J connectivity index is 1.74. The molecule has 0 saturated heterocycles. The largest absolute Gasteiger partial charge is 0.492 e. The minimum Gasteiger partial charge on any atom is -0.492 e. The number of carbonyl (C=O) groups excluding carboxylic acids is 1. The predicted octanol–water partition coefficient (Wildman–Crippen LogP) is 5.86. The summed E-state index contributed by atoms with van der Waals surface area (Å²) in [6.07, 6.45) is 3.92. The van der Waals surface area contributed by atoms with Crippen molar-refractivity contribution in [1.82, 2.24) is 4.57 Å². The third-order valence-corrected chi connectivity index (χ3v) is 5.32.